The Balaban J connectivity index is 2.02. The van der Waals surface area contributed by atoms with Crippen molar-refractivity contribution in [2.75, 3.05) is 0 Å². The molecule has 1 aromatic rings. The molecule has 0 saturated carbocycles. The van der Waals surface area contributed by atoms with Gasteiger partial charge in [0.1, 0.15) is 0 Å². The van der Waals surface area contributed by atoms with Crippen molar-refractivity contribution in [2.45, 2.75) is 60.0 Å². The molecule has 140 valence electrons. The molecule has 0 fully saturated rings. The number of hydrogen-bond donors (Lipinski definition) is 2. The fourth-order valence-electron chi connectivity index (χ4n) is 4.68. The van der Waals surface area contributed by atoms with Crippen LogP contribution < -0.4 is 0 Å². The van der Waals surface area contributed by atoms with Crippen molar-refractivity contribution in [3.8, 4) is 0 Å². The molecular formula is C23H30O3. The fourth-order valence-corrected chi connectivity index (χ4v) is 4.68. The van der Waals surface area contributed by atoms with Crippen LogP contribution >= 0.6 is 0 Å². The predicted octanol–water partition coefficient (Wildman–Crippen LogP) is 5.31. The summed E-state index contributed by atoms with van der Waals surface area (Å²) in [6.45, 7) is 11.2. The first-order chi connectivity index (χ1) is 12.1. The first-order valence-electron chi connectivity index (χ1n) is 9.47. The molecule has 2 N–H and O–H groups in total. The Morgan fingerprint density at radius 2 is 1.65 bits per heavy atom. The van der Waals surface area contributed by atoms with Crippen molar-refractivity contribution in [1.29, 1.82) is 0 Å². The summed E-state index contributed by atoms with van der Waals surface area (Å²) >= 11 is 0. The second-order valence-electron chi connectivity index (χ2n) is 9.11. The third-order valence-corrected chi connectivity index (χ3v) is 6.43. The van der Waals surface area contributed by atoms with Gasteiger partial charge in [-0.05, 0) is 41.9 Å². The molecule has 0 bridgehead atoms. The fraction of sp³-hybridized carbons (Fsp3) is 0.522. The van der Waals surface area contributed by atoms with Crippen LogP contribution in [-0.2, 0) is 6.61 Å². The van der Waals surface area contributed by atoms with Crippen LogP contribution in [0.15, 0.2) is 41.5 Å². The highest BCUT2D eigenvalue weighted by Gasteiger charge is 2.41. The van der Waals surface area contributed by atoms with Gasteiger partial charge >= 0.3 is 5.97 Å². The molecule has 1 aromatic carbocycles. The van der Waals surface area contributed by atoms with Gasteiger partial charge in [0.05, 0.1) is 12.2 Å². The molecule has 0 spiro atoms. The molecule has 0 radical (unpaired) electrons. The number of carboxylic acids is 1. The van der Waals surface area contributed by atoms with E-state index in [1.165, 1.54) is 5.57 Å². The molecule has 2 unspecified atom stereocenters. The average Bonchev–Trinajstić information content (AvgIpc) is 2.58. The lowest BCUT2D eigenvalue weighted by molar-refractivity contribution is 0.0693. The number of carbonyl (C=O) groups is 1. The van der Waals surface area contributed by atoms with Crippen LogP contribution in [0, 0.1) is 16.7 Å². The summed E-state index contributed by atoms with van der Waals surface area (Å²) in [5.41, 5.74) is 5.10. The maximum Gasteiger partial charge on any atom is 0.336 e. The summed E-state index contributed by atoms with van der Waals surface area (Å²) in [7, 11) is 0. The van der Waals surface area contributed by atoms with Crippen molar-refractivity contribution in [3.63, 3.8) is 0 Å². The topological polar surface area (TPSA) is 57.5 Å². The second kappa shape index (κ2) is 6.38. The van der Waals surface area contributed by atoms with Crippen molar-refractivity contribution in [2.24, 2.45) is 16.7 Å². The highest BCUT2D eigenvalue weighted by molar-refractivity contribution is 5.89. The molecule has 2 aliphatic carbocycles. The molecule has 3 nitrogen and oxygen atoms in total. The predicted molar refractivity (Wildman–Crippen MR) is 104 cm³/mol. The number of aliphatic hydroxyl groups is 1. The average molecular weight is 354 g/mol. The van der Waals surface area contributed by atoms with E-state index in [2.05, 4.69) is 46.8 Å². The first-order valence-corrected chi connectivity index (χ1v) is 9.47. The second-order valence-corrected chi connectivity index (χ2v) is 9.11. The van der Waals surface area contributed by atoms with Gasteiger partial charge in [-0.15, -0.1) is 0 Å². The minimum Gasteiger partial charge on any atom is -0.478 e. The summed E-state index contributed by atoms with van der Waals surface area (Å²) in [5.74, 6) is -0.149. The highest BCUT2D eigenvalue weighted by atomic mass is 16.4. The SMILES string of the molecule is CC1CC2=C(CC1c1ccc(C(=O)O)c(CO)c1)C(C)(C)C=CC2(C)C. The van der Waals surface area contributed by atoms with Crippen LogP contribution in [0.1, 0.15) is 74.9 Å². The number of hydrogen-bond acceptors (Lipinski definition) is 2. The van der Waals surface area contributed by atoms with Gasteiger partial charge in [0, 0.05) is 10.8 Å². The molecule has 2 aliphatic rings. The number of aliphatic hydroxyl groups excluding tert-OH is 1. The van der Waals surface area contributed by atoms with E-state index in [-0.39, 0.29) is 23.0 Å². The molecular weight excluding hydrogens is 324 g/mol. The molecule has 2 atom stereocenters. The number of carboxylic acid groups (broad SMARTS) is 1. The quantitative estimate of drug-likeness (QED) is 0.723. The lowest BCUT2D eigenvalue weighted by atomic mass is 9.59. The van der Waals surface area contributed by atoms with Gasteiger partial charge < -0.3 is 10.2 Å². The van der Waals surface area contributed by atoms with E-state index in [0.717, 1.165) is 18.4 Å². The Labute approximate surface area is 156 Å². The number of rotatable bonds is 3. The Hall–Kier alpha value is -1.87. The largest absolute Gasteiger partial charge is 0.478 e. The van der Waals surface area contributed by atoms with Gasteiger partial charge in [0.2, 0.25) is 0 Å². The van der Waals surface area contributed by atoms with Crippen LogP contribution in [0.5, 0.6) is 0 Å². The zero-order chi connectivity index (χ0) is 19.3. The van der Waals surface area contributed by atoms with Crippen molar-refractivity contribution in [3.05, 3.63) is 58.2 Å². The van der Waals surface area contributed by atoms with Gasteiger partial charge in [0.25, 0.3) is 0 Å². The van der Waals surface area contributed by atoms with Crippen LogP contribution in [-0.4, -0.2) is 16.2 Å². The van der Waals surface area contributed by atoms with Crippen molar-refractivity contribution in [1.82, 2.24) is 0 Å². The summed E-state index contributed by atoms with van der Waals surface area (Å²) in [6.07, 6.45) is 6.75. The number of allylic oxidation sites excluding steroid dienone is 4. The van der Waals surface area contributed by atoms with E-state index >= 15 is 0 Å². The summed E-state index contributed by atoms with van der Waals surface area (Å²) in [5, 5.41) is 18.9. The molecule has 3 heteroatoms. The first kappa shape index (κ1) is 18.9. The monoisotopic (exact) mass is 354 g/mol. The zero-order valence-electron chi connectivity index (χ0n) is 16.5. The number of benzene rings is 1. The summed E-state index contributed by atoms with van der Waals surface area (Å²) < 4.78 is 0. The van der Waals surface area contributed by atoms with E-state index in [4.69, 9.17) is 0 Å². The van der Waals surface area contributed by atoms with Crippen LogP contribution in [0.2, 0.25) is 0 Å². The Kier molecular flexibility index (Phi) is 4.64. The molecule has 26 heavy (non-hydrogen) atoms. The summed E-state index contributed by atoms with van der Waals surface area (Å²) in [4.78, 5) is 11.4. The Morgan fingerprint density at radius 1 is 1.08 bits per heavy atom. The molecule has 0 saturated heterocycles. The van der Waals surface area contributed by atoms with Crippen LogP contribution in [0.4, 0.5) is 0 Å². The van der Waals surface area contributed by atoms with Gasteiger partial charge in [-0.2, -0.15) is 0 Å². The van der Waals surface area contributed by atoms with E-state index in [1.807, 2.05) is 12.1 Å². The Bertz CT molecular complexity index is 796. The Morgan fingerprint density at radius 3 is 2.19 bits per heavy atom. The van der Waals surface area contributed by atoms with Gasteiger partial charge in [0.15, 0.2) is 0 Å². The third-order valence-electron chi connectivity index (χ3n) is 6.43. The van der Waals surface area contributed by atoms with E-state index in [0.29, 0.717) is 17.4 Å². The standard InChI is InChI=1S/C23H30O3/c1-14-10-19-20(23(4,5)9-8-22(19,2)3)12-18(14)15-6-7-17(21(25)26)16(11-15)13-24/h6-9,11,14,18,24H,10,12-13H2,1-5H3,(H,25,26). The van der Waals surface area contributed by atoms with Crippen LogP contribution in [0.3, 0.4) is 0 Å². The normalized spacial score (nSPS) is 26.5. The lowest BCUT2D eigenvalue weighted by Gasteiger charge is -2.46. The van der Waals surface area contributed by atoms with E-state index < -0.39 is 5.97 Å². The molecule has 3 rings (SSSR count). The number of aromatic carboxylic acids is 1. The maximum absolute atomic E-state index is 11.4. The minimum atomic E-state index is -0.984. The molecule has 0 amide bonds. The molecule has 0 aliphatic heterocycles. The summed E-state index contributed by atoms with van der Waals surface area (Å²) in [6, 6.07) is 5.48. The highest BCUT2D eigenvalue weighted by Crippen LogP contribution is 2.54. The zero-order valence-corrected chi connectivity index (χ0v) is 16.5. The maximum atomic E-state index is 11.4. The lowest BCUT2D eigenvalue weighted by Crippen LogP contribution is -2.33. The third kappa shape index (κ3) is 3.14. The van der Waals surface area contributed by atoms with E-state index in [1.54, 1.807) is 11.6 Å². The molecule has 0 heterocycles. The minimum absolute atomic E-state index is 0.0596. The van der Waals surface area contributed by atoms with Gasteiger partial charge in [-0.3, -0.25) is 0 Å². The smallest absolute Gasteiger partial charge is 0.336 e. The molecule has 0 aromatic heterocycles. The van der Waals surface area contributed by atoms with Crippen LogP contribution in [0.25, 0.3) is 0 Å². The van der Waals surface area contributed by atoms with Gasteiger partial charge in [-0.1, -0.05) is 70.0 Å². The van der Waals surface area contributed by atoms with Crippen molar-refractivity contribution >= 4 is 5.97 Å². The van der Waals surface area contributed by atoms with E-state index in [9.17, 15) is 15.0 Å². The van der Waals surface area contributed by atoms with Crippen molar-refractivity contribution < 1.29 is 15.0 Å². The van der Waals surface area contributed by atoms with Gasteiger partial charge in [-0.25, -0.2) is 4.79 Å².